The molecule has 0 unspecified atom stereocenters. The van der Waals surface area contributed by atoms with Crippen molar-refractivity contribution in [2.45, 2.75) is 51.4 Å². The van der Waals surface area contributed by atoms with Crippen LogP contribution in [0.2, 0.25) is 0 Å². The molecule has 2 bridgehead atoms. The number of hydrogen-bond donors (Lipinski definition) is 2. The Hall–Kier alpha value is -1.10. The zero-order valence-corrected chi connectivity index (χ0v) is 10.2. The third kappa shape index (κ3) is 2.16. The molecule has 0 spiro atoms. The van der Waals surface area contributed by atoms with Gasteiger partial charge in [-0.3, -0.25) is 9.59 Å². The van der Waals surface area contributed by atoms with Crippen LogP contribution in [0.4, 0.5) is 0 Å². The van der Waals surface area contributed by atoms with Gasteiger partial charge >= 0.3 is 5.97 Å². The SMILES string of the molecule is CC[C@H](C)NC(=O)[C@H]1[C@H](C(=O)O)[C@@H]2CC[C@H]1O2. The minimum atomic E-state index is -0.915. The van der Waals surface area contributed by atoms with Crippen LogP contribution in [0.15, 0.2) is 0 Å². The van der Waals surface area contributed by atoms with Crippen LogP contribution in [0.25, 0.3) is 0 Å². The van der Waals surface area contributed by atoms with E-state index in [1.54, 1.807) is 0 Å². The lowest BCUT2D eigenvalue weighted by atomic mass is 9.78. The number of ether oxygens (including phenoxy) is 1. The van der Waals surface area contributed by atoms with E-state index < -0.39 is 17.8 Å². The third-order valence-electron chi connectivity index (χ3n) is 3.86. The molecule has 5 atom stereocenters. The molecule has 5 nitrogen and oxygen atoms in total. The first-order valence-electron chi connectivity index (χ1n) is 6.23. The van der Waals surface area contributed by atoms with Gasteiger partial charge in [-0.05, 0) is 26.2 Å². The maximum absolute atomic E-state index is 12.1. The van der Waals surface area contributed by atoms with Gasteiger partial charge in [-0.15, -0.1) is 0 Å². The molecule has 0 saturated carbocycles. The van der Waals surface area contributed by atoms with Crippen LogP contribution in [0.1, 0.15) is 33.1 Å². The fourth-order valence-corrected chi connectivity index (χ4v) is 2.77. The molecule has 2 saturated heterocycles. The summed E-state index contributed by atoms with van der Waals surface area (Å²) in [7, 11) is 0. The molecule has 2 fully saturated rings. The molecule has 2 aliphatic heterocycles. The lowest BCUT2D eigenvalue weighted by Gasteiger charge is -2.25. The average Bonchev–Trinajstić information content (AvgIpc) is 2.87. The molecule has 0 aromatic carbocycles. The van der Waals surface area contributed by atoms with Crippen LogP contribution in [-0.2, 0) is 14.3 Å². The number of hydrogen-bond acceptors (Lipinski definition) is 3. The maximum atomic E-state index is 12.1. The van der Waals surface area contributed by atoms with Crippen molar-refractivity contribution < 1.29 is 19.4 Å². The first kappa shape index (κ1) is 12.4. The van der Waals surface area contributed by atoms with E-state index in [2.05, 4.69) is 5.32 Å². The summed E-state index contributed by atoms with van der Waals surface area (Å²) in [6, 6.07) is 0.0797. The molecule has 96 valence electrons. The number of fused-ring (bicyclic) bond motifs is 2. The van der Waals surface area contributed by atoms with Gasteiger partial charge in [-0.25, -0.2) is 0 Å². The summed E-state index contributed by atoms with van der Waals surface area (Å²) in [5.74, 6) is -2.27. The summed E-state index contributed by atoms with van der Waals surface area (Å²) < 4.78 is 5.55. The van der Waals surface area contributed by atoms with Gasteiger partial charge in [0.15, 0.2) is 0 Å². The van der Waals surface area contributed by atoms with Gasteiger partial charge in [0.05, 0.1) is 24.0 Å². The van der Waals surface area contributed by atoms with E-state index >= 15 is 0 Å². The van der Waals surface area contributed by atoms with Crippen LogP contribution in [0, 0.1) is 11.8 Å². The van der Waals surface area contributed by atoms with E-state index in [1.807, 2.05) is 13.8 Å². The van der Waals surface area contributed by atoms with E-state index in [0.717, 1.165) is 19.3 Å². The van der Waals surface area contributed by atoms with Crippen molar-refractivity contribution in [2.24, 2.45) is 11.8 Å². The summed E-state index contributed by atoms with van der Waals surface area (Å²) in [6.07, 6.45) is 1.92. The molecule has 2 rings (SSSR count). The third-order valence-corrected chi connectivity index (χ3v) is 3.86. The van der Waals surface area contributed by atoms with Crippen LogP contribution in [0.5, 0.6) is 0 Å². The normalized spacial score (nSPS) is 36.8. The standard InChI is InChI=1S/C12H19NO4/c1-3-6(2)13-11(14)9-7-4-5-8(17-7)10(9)12(15)16/h6-10H,3-5H2,1-2H3,(H,13,14)(H,15,16)/t6-,7+,8-,9+,10+/m0/s1. The fraction of sp³-hybridized carbons (Fsp3) is 0.833. The molecule has 5 heteroatoms. The topological polar surface area (TPSA) is 75.6 Å². The quantitative estimate of drug-likeness (QED) is 0.762. The summed E-state index contributed by atoms with van der Waals surface area (Å²) in [6.45, 7) is 3.90. The number of amides is 1. The summed E-state index contributed by atoms with van der Waals surface area (Å²) in [5, 5.41) is 12.0. The molecular weight excluding hydrogens is 222 g/mol. The molecule has 0 aromatic rings. The minimum absolute atomic E-state index is 0.0797. The predicted octanol–water partition coefficient (Wildman–Crippen LogP) is 0.779. The fourth-order valence-electron chi connectivity index (χ4n) is 2.77. The Morgan fingerprint density at radius 1 is 1.35 bits per heavy atom. The number of carboxylic acids is 1. The number of carbonyl (C=O) groups excluding carboxylic acids is 1. The molecule has 0 radical (unpaired) electrons. The lowest BCUT2D eigenvalue weighted by Crippen LogP contribution is -2.46. The summed E-state index contributed by atoms with van der Waals surface area (Å²) >= 11 is 0. The van der Waals surface area contributed by atoms with Crippen molar-refractivity contribution >= 4 is 11.9 Å². The largest absolute Gasteiger partial charge is 0.481 e. The Bertz CT molecular complexity index is 330. The van der Waals surface area contributed by atoms with Crippen molar-refractivity contribution in [1.29, 1.82) is 0 Å². The van der Waals surface area contributed by atoms with Crippen LogP contribution < -0.4 is 5.32 Å². The zero-order chi connectivity index (χ0) is 12.6. The highest BCUT2D eigenvalue weighted by Gasteiger charge is 2.55. The number of carbonyl (C=O) groups is 2. The number of nitrogens with one attached hydrogen (secondary N) is 1. The second-order valence-corrected chi connectivity index (χ2v) is 5.00. The van der Waals surface area contributed by atoms with Crippen molar-refractivity contribution in [3.05, 3.63) is 0 Å². The highest BCUT2D eigenvalue weighted by molar-refractivity contribution is 5.86. The first-order valence-corrected chi connectivity index (χ1v) is 6.23. The minimum Gasteiger partial charge on any atom is -0.481 e. The van der Waals surface area contributed by atoms with Gasteiger partial charge < -0.3 is 15.2 Å². The zero-order valence-electron chi connectivity index (χ0n) is 10.2. The lowest BCUT2D eigenvalue weighted by molar-refractivity contribution is -0.148. The molecule has 0 aliphatic carbocycles. The van der Waals surface area contributed by atoms with Gasteiger partial charge in [0.2, 0.25) is 5.91 Å². The van der Waals surface area contributed by atoms with Gasteiger partial charge in [0.25, 0.3) is 0 Å². The predicted molar refractivity (Wildman–Crippen MR) is 60.4 cm³/mol. The number of aliphatic carboxylic acids is 1. The Morgan fingerprint density at radius 3 is 2.47 bits per heavy atom. The van der Waals surface area contributed by atoms with Gasteiger partial charge in [0.1, 0.15) is 0 Å². The van der Waals surface area contributed by atoms with E-state index in [9.17, 15) is 14.7 Å². The van der Waals surface area contributed by atoms with Crippen LogP contribution in [-0.4, -0.2) is 35.2 Å². The van der Waals surface area contributed by atoms with Gasteiger partial charge in [0, 0.05) is 6.04 Å². The molecule has 1 amide bonds. The van der Waals surface area contributed by atoms with E-state index in [1.165, 1.54) is 0 Å². The molecule has 2 aliphatic rings. The van der Waals surface area contributed by atoms with Gasteiger partial charge in [-0.2, -0.15) is 0 Å². The second kappa shape index (κ2) is 4.64. The number of rotatable bonds is 4. The van der Waals surface area contributed by atoms with Crippen molar-refractivity contribution in [1.82, 2.24) is 5.32 Å². The monoisotopic (exact) mass is 241 g/mol. The van der Waals surface area contributed by atoms with Crippen molar-refractivity contribution in [2.75, 3.05) is 0 Å². The first-order chi connectivity index (χ1) is 8.04. The smallest absolute Gasteiger partial charge is 0.310 e. The molecular formula is C12H19NO4. The summed E-state index contributed by atoms with van der Waals surface area (Å²) in [4.78, 5) is 23.3. The molecule has 2 heterocycles. The van der Waals surface area contributed by atoms with Crippen LogP contribution in [0.3, 0.4) is 0 Å². The van der Waals surface area contributed by atoms with Crippen LogP contribution >= 0.6 is 0 Å². The highest BCUT2D eigenvalue weighted by Crippen LogP contribution is 2.43. The Morgan fingerprint density at radius 2 is 1.94 bits per heavy atom. The molecule has 2 N–H and O–H groups in total. The Labute approximate surface area is 101 Å². The maximum Gasteiger partial charge on any atom is 0.310 e. The average molecular weight is 241 g/mol. The number of carboxylic acid groups (broad SMARTS) is 1. The Balaban J connectivity index is 2.08. The Kier molecular flexibility index (Phi) is 3.38. The molecule has 17 heavy (non-hydrogen) atoms. The highest BCUT2D eigenvalue weighted by atomic mass is 16.5. The van der Waals surface area contributed by atoms with E-state index in [4.69, 9.17) is 4.74 Å². The van der Waals surface area contributed by atoms with Crippen molar-refractivity contribution in [3.8, 4) is 0 Å². The van der Waals surface area contributed by atoms with E-state index in [0.29, 0.717) is 0 Å². The van der Waals surface area contributed by atoms with E-state index in [-0.39, 0.29) is 24.2 Å². The second-order valence-electron chi connectivity index (χ2n) is 5.00. The van der Waals surface area contributed by atoms with Crippen molar-refractivity contribution in [3.63, 3.8) is 0 Å². The van der Waals surface area contributed by atoms with Gasteiger partial charge in [-0.1, -0.05) is 6.92 Å². The summed E-state index contributed by atoms with van der Waals surface area (Å²) in [5.41, 5.74) is 0. The molecule has 0 aromatic heterocycles.